The summed E-state index contributed by atoms with van der Waals surface area (Å²) in [5.74, 6) is 3.06. The number of ether oxygens (including phenoxy) is 1. The van der Waals surface area contributed by atoms with Gasteiger partial charge in [-0.05, 0) is 100.0 Å². The van der Waals surface area contributed by atoms with Crippen molar-refractivity contribution in [1.29, 1.82) is 0 Å². The molecule has 8 heteroatoms. The summed E-state index contributed by atoms with van der Waals surface area (Å²) in [6.45, 7) is 7.28. The van der Waals surface area contributed by atoms with Crippen LogP contribution in [-0.2, 0) is 0 Å². The predicted octanol–water partition coefficient (Wildman–Crippen LogP) is 5.64. The standard InChI is InChI=1S/C33H45N5O3/c1-4-22(2)34-31(39)27-18-26(35-32(40)36-33-19-23-15-24(20-33)17-25(16-23)21-33)9-10-28(27)37-11-13-38(14-12-37)29-7-5-6-8-30(29)41-3/h5-10,18,22-25H,4,11-17,19-21H2,1-3H3,(H,34,39)(H2,35,36,40). The summed E-state index contributed by atoms with van der Waals surface area (Å²) < 4.78 is 5.58. The number of anilines is 3. The number of rotatable bonds is 8. The third-order valence-corrected chi connectivity index (χ3v) is 9.95. The van der Waals surface area contributed by atoms with Crippen LogP contribution < -0.4 is 30.5 Å². The van der Waals surface area contributed by atoms with E-state index in [4.69, 9.17) is 4.74 Å². The second kappa shape index (κ2) is 11.5. The molecule has 7 rings (SSSR count). The molecule has 3 amide bonds. The molecule has 0 spiro atoms. The van der Waals surface area contributed by atoms with Gasteiger partial charge < -0.3 is 30.5 Å². The third-order valence-electron chi connectivity index (χ3n) is 9.95. The summed E-state index contributed by atoms with van der Waals surface area (Å²) >= 11 is 0. The summed E-state index contributed by atoms with van der Waals surface area (Å²) in [6, 6.07) is 13.8. The largest absolute Gasteiger partial charge is 0.495 e. The molecule has 2 aromatic rings. The normalized spacial score (nSPS) is 27.3. The number of methoxy groups -OCH3 is 1. The van der Waals surface area contributed by atoms with E-state index in [2.05, 4.69) is 38.7 Å². The van der Waals surface area contributed by atoms with Crippen LogP contribution in [0, 0.1) is 17.8 Å². The molecule has 1 heterocycles. The van der Waals surface area contributed by atoms with E-state index in [1.54, 1.807) is 7.11 Å². The number of carbonyl (C=O) groups excluding carboxylic acids is 2. The number of carbonyl (C=O) groups is 2. The maximum atomic E-state index is 13.5. The summed E-state index contributed by atoms with van der Waals surface area (Å²) in [5, 5.41) is 9.61. The molecular formula is C33H45N5O3. The molecule has 5 aliphatic rings. The van der Waals surface area contributed by atoms with Crippen molar-refractivity contribution < 1.29 is 14.3 Å². The molecule has 1 aliphatic heterocycles. The van der Waals surface area contributed by atoms with Gasteiger partial charge in [0.2, 0.25) is 0 Å². The fourth-order valence-electron chi connectivity index (χ4n) is 8.22. The van der Waals surface area contributed by atoms with E-state index in [0.29, 0.717) is 11.3 Å². The Labute approximate surface area is 244 Å². The minimum Gasteiger partial charge on any atom is -0.495 e. The zero-order valence-electron chi connectivity index (χ0n) is 24.7. The molecule has 1 unspecified atom stereocenters. The fourth-order valence-corrected chi connectivity index (χ4v) is 8.22. The van der Waals surface area contributed by atoms with Crippen molar-refractivity contribution in [1.82, 2.24) is 10.6 Å². The Morgan fingerprint density at radius 2 is 1.54 bits per heavy atom. The van der Waals surface area contributed by atoms with Gasteiger partial charge in [-0.15, -0.1) is 0 Å². The van der Waals surface area contributed by atoms with E-state index in [9.17, 15) is 9.59 Å². The molecule has 0 radical (unpaired) electrons. The summed E-state index contributed by atoms with van der Waals surface area (Å²) in [6.07, 6.45) is 8.19. The first-order valence-corrected chi connectivity index (χ1v) is 15.5. The van der Waals surface area contributed by atoms with Gasteiger partial charge in [0, 0.05) is 49.1 Å². The number of benzene rings is 2. The van der Waals surface area contributed by atoms with Gasteiger partial charge in [0.25, 0.3) is 5.91 Å². The highest BCUT2D eigenvalue weighted by Crippen LogP contribution is 2.55. The average Bonchev–Trinajstić information content (AvgIpc) is 2.96. The smallest absolute Gasteiger partial charge is 0.319 e. The molecule has 4 saturated carbocycles. The van der Waals surface area contributed by atoms with E-state index in [1.807, 2.05) is 43.3 Å². The molecule has 5 fully saturated rings. The maximum Gasteiger partial charge on any atom is 0.319 e. The Morgan fingerprint density at radius 1 is 0.927 bits per heavy atom. The Hall–Kier alpha value is -3.42. The number of urea groups is 1. The number of nitrogens with one attached hydrogen (secondary N) is 3. The molecule has 8 nitrogen and oxygen atoms in total. The maximum absolute atomic E-state index is 13.5. The number of piperazine rings is 1. The summed E-state index contributed by atoms with van der Waals surface area (Å²) in [7, 11) is 1.70. The monoisotopic (exact) mass is 559 g/mol. The van der Waals surface area contributed by atoms with Gasteiger partial charge in [-0.25, -0.2) is 4.79 Å². The topological polar surface area (TPSA) is 85.9 Å². The molecular weight excluding hydrogens is 514 g/mol. The average molecular weight is 560 g/mol. The molecule has 1 saturated heterocycles. The van der Waals surface area contributed by atoms with Crippen LogP contribution in [0.25, 0.3) is 0 Å². The van der Waals surface area contributed by atoms with Gasteiger partial charge >= 0.3 is 6.03 Å². The highest BCUT2D eigenvalue weighted by atomic mass is 16.5. The lowest BCUT2D eigenvalue weighted by Crippen LogP contribution is -2.60. The SMILES string of the molecule is CCC(C)NC(=O)c1cc(NC(=O)NC23CC4CC(CC(C4)C2)C3)ccc1N1CCN(c2ccccc2OC)CC1. The van der Waals surface area contributed by atoms with Gasteiger partial charge in [0.1, 0.15) is 5.75 Å². The van der Waals surface area contributed by atoms with Gasteiger partial charge in [-0.3, -0.25) is 4.79 Å². The first-order valence-electron chi connectivity index (χ1n) is 15.5. The van der Waals surface area contributed by atoms with Crippen molar-refractivity contribution in [3.05, 3.63) is 48.0 Å². The molecule has 0 aromatic heterocycles. The quantitative estimate of drug-likeness (QED) is 0.390. The number of hydrogen-bond donors (Lipinski definition) is 3. The number of nitrogens with zero attached hydrogens (tertiary/aromatic N) is 2. The minimum absolute atomic E-state index is 0.0589. The first-order chi connectivity index (χ1) is 19.8. The van der Waals surface area contributed by atoms with Crippen LogP contribution in [-0.4, -0.2) is 56.8 Å². The zero-order chi connectivity index (χ0) is 28.6. The second-order valence-electron chi connectivity index (χ2n) is 12.9. The lowest BCUT2D eigenvalue weighted by molar-refractivity contribution is -0.0127. The Morgan fingerprint density at radius 3 is 2.15 bits per heavy atom. The molecule has 41 heavy (non-hydrogen) atoms. The molecule has 4 bridgehead atoms. The van der Waals surface area contributed by atoms with Gasteiger partial charge in [0.05, 0.1) is 18.4 Å². The van der Waals surface area contributed by atoms with E-state index in [1.165, 1.54) is 19.3 Å². The van der Waals surface area contributed by atoms with Crippen LogP contribution in [0.15, 0.2) is 42.5 Å². The minimum atomic E-state index is -0.154. The van der Waals surface area contributed by atoms with Crippen molar-refractivity contribution in [2.24, 2.45) is 17.8 Å². The molecule has 220 valence electrons. The van der Waals surface area contributed by atoms with Crippen LogP contribution in [0.1, 0.15) is 69.2 Å². The molecule has 2 aromatic carbocycles. The van der Waals surface area contributed by atoms with Crippen molar-refractivity contribution in [3.8, 4) is 5.75 Å². The highest BCUT2D eigenvalue weighted by molar-refractivity contribution is 6.02. The lowest BCUT2D eigenvalue weighted by atomic mass is 9.53. The van der Waals surface area contributed by atoms with Gasteiger partial charge in [-0.2, -0.15) is 0 Å². The van der Waals surface area contributed by atoms with Crippen molar-refractivity contribution in [3.63, 3.8) is 0 Å². The highest BCUT2D eigenvalue weighted by Gasteiger charge is 2.51. The van der Waals surface area contributed by atoms with Crippen LogP contribution in [0.3, 0.4) is 0 Å². The number of hydrogen-bond acceptors (Lipinski definition) is 5. The fraction of sp³-hybridized carbons (Fsp3) is 0.576. The zero-order valence-corrected chi connectivity index (χ0v) is 24.7. The Bertz CT molecular complexity index is 1240. The van der Waals surface area contributed by atoms with Crippen LogP contribution in [0.4, 0.5) is 21.9 Å². The Kier molecular flexibility index (Phi) is 7.75. The van der Waals surface area contributed by atoms with Crippen LogP contribution in [0.2, 0.25) is 0 Å². The van der Waals surface area contributed by atoms with Crippen molar-refractivity contribution in [2.75, 3.05) is 48.4 Å². The van der Waals surface area contributed by atoms with Gasteiger partial charge in [-0.1, -0.05) is 19.1 Å². The third kappa shape index (κ3) is 5.84. The molecule has 4 aliphatic carbocycles. The summed E-state index contributed by atoms with van der Waals surface area (Å²) in [5.41, 5.74) is 3.18. The number of para-hydroxylation sites is 2. The number of amides is 3. The second-order valence-corrected chi connectivity index (χ2v) is 12.9. The lowest BCUT2D eigenvalue weighted by Gasteiger charge is -2.56. The molecule has 3 N–H and O–H groups in total. The summed E-state index contributed by atoms with van der Waals surface area (Å²) in [4.78, 5) is 31.4. The Balaban J connectivity index is 1.17. The van der Waals surface area contributed by atoms with E-state index < -0.39 is 0 Å². The van der Waals surface area contributed by atoms with Crippen molar-refractivity contribution >= 4 is 29.0 Å². The van der Waals surface area contributed by atoms with Gasteiger partial charge in [0.15, 0.2) is 0 Å². The van der Waals surface area contributed by atoms with Crippen molar-refractivity contribution in [2.45, 2.75) is 70.4 Å². The van der Waals surface area contributed by atoms with E-state index in [0.717, 1.165) is 86.7 Å². The molecule has 1 atom stereocenters. The van der Waals surface area contributed by atoms with Crippen LogP contribution in [0.5, 0.6) is 5.75 Å². The van der Waals surface area contributed by atoms with Crippen LogP contribution >= 0.6 is 0 Å². The predicted molar refractivity (Wildman–Crippen MR) is 164 cm³/mol. The first kappa shape index (κ1) is 27.7. The van der Waals surface area contributed by atoms with E-state index in [-0.39, 0.29) is 23.5 Å². The van der Waals surface area contributed by atoms with E-state index >= 15 is 0 Å².